The molecule has 0 unspecified atom stereocenters. The number of hydrogen-bond acceptors (Lipinski definition) is 2. The minimum absolute atomic E-state index is 0.281. The van der Waals surface area contributed by atoms with Gasteiger partial charge in [0, 0.05) is 25.0 Å². The lowest BCUT2D eigenvalue weighted by Crippen LogP contribution is -2.39. The van der Waals surface area contributed by atoms with Gasteiger partial charge in [-0.3, -0.25) is 4.79 Å². The molecule has 2 saturated carbocycles. The highest BCUT2D eigenvalue weighted by atomic mass is 16.1. The topological polar surface area (TPSA) is 41.1 Å². The summed E-state index contributed by atoms with van der Waals surface area (Å²) in [5, 5.41) is 6.78. The first kappa shape index (κ1) is 16.8. The summed E-state index contributed by atoms with van der Waals surface area (Å²) in [5.41, 5.74) is 0. The van der Waals surface area contributed by atoms with Crippen LogP contribution in [0, 0.1) is 5.92 Å². The molecule has 1 amide bonds. The minimum atomic E-state index is 0.281. The van der Waals surface area contributed by atoms with Crippen molar-refractivity contribution in [2.24, 2.45) is 5.92 Å². The van der Waals surface area contributed by atoms with Gasteiger partial charge >= 0.3 is 0 Å². The maximum atomic E-state index is 12.2. The zero-order valence-corrected chi connectivity index (χ0v) is 13.7. The van der Waals surface area contributed by atoms with Crippen LogP contribution in [0.1, 0.15) is 83.5 Å². The van der Waals surface area contributed by atoms with E-state index in [2.05, 4.69) is 10.6 Å². The van der Waals surface area contributed by atoms with Crippen LogP contribution in [0.2, 0.25) is 0 Å². The van der Waals surface area contributed by atoms with Crippen LogP contribution in [-0.2, 0) is 4.79 Å². The molecular weight excluding hydrogens is 260 g/mol. The van der Waals surface area contributed by atoms with E-state index in [4.69, 9.17) is 0 Å². The second kappa shape index (κ2) is 10.2. The fourth-order valence-corrected chi connectivity index (χ4v) is 3.81. The van der Waals surface area contributed by atoms with Crippen LogP contribution >= 0.6 is 0 Å². The average molecular weight is 294 g/mol. The molecule has 2 aliphatic rings. The van der Waals surface area contributed by atoms with Crippen LogP contribution in [0.25, 0.3) is 0 Å². The molecule has 0 spiro atoms. The lowest BCUT2D eigenvalue weighted by Gasteiger charge is -2.20. The summed E-state index contributed by atoms with van der Waals surface area (Å²) in [6.45, 7) is 1.73. The van der Waals surface area contributed by atoms with E-state index in [1.54, 1.807) is 0 Å². The number of nitrogens with one attached hydrogen (secondary N) is 2. The molecular formula is C18H34N2O. The Bertz CT molecular complexity index is 277. The lowest BCUT2D eigenvalue weighted by molar-refractivity contribution is -0.125. The highest BCUT2D eigenvalue weighted by Gasteiger charge is 2.19. The summed E-state index contributed by atoms with van der Waals surface area (Å²) < 4.78 is 0. The van der Waals surface area contributed by atoms with E-state index < -0.39 is 0 Å². The van der Waals surface area contributed by atoms with Crippen molar-refractivity contribution >= 4 is 5.91 Å². The fraction of sp³-hybridized carbons (Fsp3) is 0.944. The summed E-state index contributed by atoms with van der Waals surface area (Å²) in [6.07, 6.45) is 16.8. The Morgan fingerprint density at radius 1 is 0.714 bits per heavy atom. The molecule has 3 heteroatoms. The van der Waals surface area contributed by atoms with Crippen LogP contribution in [0.15, 0.2) is 0 Å². The van der Waals surface area contributed by atoms with Crippen molar-refractivity contribution in [2.75, 3.05) is 13.1 Å². The molecule has 0 heterocycles. The molecule has 2 fully saturated rings. The molecule has 21 heavy (non-hydrogen) atoms. The highest BCUT2D eigenvalue weighted by molar-refractivity contribution is 5.78. The van der Waals surface area contributed by atoms with Crippen molar-refractivity contribution in [3.63, 3.8) is 0 Å². The molecule has 3 nitrogen and oxygen atoms in total. The second-order valence-corrected chi connectivity index (χ2v) is 6.98. The number of hydrogen-bond donors (Lipinski definition) is 2. The van der Waals surface area contributed by atoms with Crippen LogP contribution < -0.4 is 10.6 Å². The van der Waals surface area contributed by atoms with Gasteiger partial charge in [0.05, 0.1) is 0 Å². The Kier molecular flexibility index (Phi) is 8.16. The quantitative estimate of drug-likeness (QED) is 0.598. The average Bonchev–Trinajstić information content (AvgIpc) is 2.71. The van der Waals surface area contributed by atoms with Crippen molar-refractivity contribution in [1.82, 2.24) is 10.6 Å². The molecule has 0 saturated heterocycles. The van der Waals surface area contributed by atoms with E-state index >= 15 is 0 Å². The number of carbonyl (C=O) groups excluding carboxylic acids is 1. The molecule has 2 aliphatic carbocycles. The lowest BCUT2D eigenvalue weighted by atomic mass is 9.90. The Balaban J connectivity index is 1.57. The van der Waals surface area contributed by atoms with Crippen molar-refractivity contribution in [3.05, 3.63) is 0 Å². The molecule has 122 valence electrons. The number of carbonyl (C=O) groups is 1. The first-order chi connectivity index (χ1) is 10.4. The molecule has 0 aromatic heterocycles. The van der Waals surface area contributed by atoms with Crippen LogP contribution in [0.5, 0.6) is 0 Å². The SMILES string of the molecule is O=C(NCCNC1CCCCCC1)C1CCCCCCC1. The summed E-state index contributed by atoms with van der Waals surface area (Å²) in [4.78, 5) is 12.2. The third-order valence-electron chi connectivity index (χ3n) is 5.19. The monoisotopic (exact) mass is 294 g/mol. The van der Waals surface area contributed by atoms with Gasteiger partial charge in [-0.15, -0.1) is 0 Å². The molecule has 2 N–H and O–H groups in total. The molecule has 0 aliphatic heterocycles. The van der Waals surface area contributed by atoms with Gasteiger partial charge in [-0.1, -0.05) is 57.8 Å². The number of amides is 1. The maximum absolute atomic E-state index is 12.2. The smallest absolute Gasteiger partial charge is 0.223 e. The standard InChI is InChI=1S/C18H34N2O/c21-18(16-10-6-2-1-3-7-11-16)20-15-14-19-17-12-8-4-5-9-13-17/h16-17,19H,1-15H2,(H,20,21). The van der Waals surface area contributed by atoms with Crippen LogP contribution in [0.3, 0.4) is 0 Å². The van der Waals surface area contributed by atoms with E-state index in [9.17, 15) is 4.79 Å². The second-order valence-electron chi connectivity index (χ2n) is 6.98. The number of rotatable bonds is 5. The fourth-order valence-electron chi connectivity index (χ4n) is 3.81. The summed E-state index contributed by atoms with van der Waals surface area (Å²) in [6, 6.07) is 0.686. The highest BCUT2D eigenvalue weighted by Crippen LogP contribution is 2.22. The maximum Gasteiger partial charge on any atom is 0.223 e. The van der Waals surface area contributed by atoms with Crippen molar-refractivity contribution < 1.29 is 4.79 Å². The Morgan fingerprint density at radius 3 is 1.86 bits per heavy atom. The molecule has 2 rings (SSSR count). The molecule has 0 radical (unpaired) electrons. The first-order valence-electron chi connectivity index (χ1n) is 9.37. The van der Waals surface area contributed by atoms with Gasteiger partial charge in [0.25, 0.3) is 0 Å². The molecule has 0 aromatic rings. The van der Waals surface area contributed by atoms with Crippen LogP contribution in [-0.4, -0.2) is 25.0 Å². The van der Waals surface area contributed by atoms with Crippen LogP contribution in [0.4, 0.5) is 0 Å². The Morgan fingerprint density at radius 2 is 1.24 bits per heavy atom. The minimum Gasteiger partial charge on any atom is -0.355 e. The van der Waals surface area contributed by atoms with Gasteiger partial charge in [-0.2, -0.15) is 0 Å². The van der Waals surface area contributed by atoms with Gasteiger partial charge in [0.2, 0.25) is 5.91 Å². The normalized spacial score (nSPS) is 23.0. The van der Waals surface area contributed by atoms with Gasteiger partial charge in [-0.05, 0) is 25.7 Å². The van der Waals surface area contributed by atoms with E-state index in [0.29, 0.717) is 11.9 Å². The largest absolute Gasteiger partial charge is 0.355 e. The zero-order valence-electron chi connectivity index (χ0n) is 13.7. The molecule has 0 atom stereocenters. The summed E-state index contributed by atoms with van der Waals surface area (Å²) in [5.74, 6) is 0.586. The van der Waals surface area contributed by atoms with E-state index in [0.717, 1.165) is 25.9 Å². The van der Waals surface area contributed by atoms with Gasteiger partial charge in [0.1, 0.15) is 0 Å². The third-order valence-corrected chi connectivity index (χ3v) is 5.19. The Hall–Kier alpha value is -0.570. The van der Waals surface area contributed by atoms with E-state index in [1.165, 1.54) is 70.6 Å². The van der Waals surface area contributed by atoms with E-state index in [-0.39, 0.29) is 5.92 Å². The molecule has 0 aromatic carbocycles. The first-order valence-corrected chi connectivity index (χ1v) is 9.37. The van der Waals surface area contributed by atoms with Gasteiger partial charge in [-0.25, -0.2) is 0 Å². The summed E-state index contributed by atoms with van der Waals surface area (Å²) in [7, 11) is 0. The van der Waals surface area contributed by atoms with Crippen molar-refractivity contribution in [2.45, 2.75) is 89.5 Å². The van der Waals surface area contributed by atoms with Gasteiger partial charge in [0.15, 0.2) is 0 Å². The predicted octanol–water partition coefficient (Wildman–Crippen LogP) is 3.78. The molecule has 0 bridgehead atoms. The van der Waals surface area contributed by atoms with Crippen molar-refractivity contribution in [1.29, 1.82) is 0 Å². The van der Waals surface area contributed by atoms with Crippen molar-refractivity contribution in [3.8, 4) is 0 Å². The summed E-state index contributed by atoms with van der Waals surface area (Å²) >= 11 is 0. The van der Waals surface area contributed by atoms with E-state index in [1.807, 2.05) is 0 Å². The Labute approximate surface area is 130 Å². The van der Waals surface area contributed by atoms with Gasteiger partial charge < -0.3 is 10.6 Å². The zero-order chi connectivity index (χ0) is 14.8. The third kappa shape index (κ3) is 6.82. The predicted molar refractivity (Wildman–Crippen MR) is 88.3 cm³/mol.